The molecular weight excluding hydrogens is 251 g/mol. The van der Waals surface area contributed by atoms with Crippen molar-refractivity contribution >= 4 is 11.6 Å². The van der Waals surface area contributed by atoms with Gasteiger partial charge in [-0.3, -0.25) is 0 Å². The van der Waals surface area contributed by atoms with Gasteiger partial charge in [0.2, 0.25) is 0 Å². The van der Waals surface area contributed by atoms with Gasteiger partial charge in [0.15, 0.2) is 0 Å². The van der Waals surface area contributed by atoms with Crippen LogP contribution in [-0.2, 0) is 0 Å². The molecule has 3 heteroatoms. The second-order valence-electron chi connectivity index (χ2n) is 5.22. The van der Waals surface area contributed by atoms with E-state index in [9.17, 15) is 9.50 Å². The van der Waals surface area contributed by atoms with Gasteiger partial charge in [-0.1, -0.05) is 43.7 Å². The topological polar surface area (TPSA) is 20.2 Å². The van der Waals surface area contributed by atoms with Crippen molar-refractivity contribution in [1.82, 2.24) is 0 Å². The predicted molar refractivity (Wildman–Crippen MR) is 72.2 cm³/mol. The summed E-state index contributed by atoms with van der Waals surface area (Å²) in [6.45, 7) is 0. The summed E-state index contributed by atoms with van der Waals surface area (Å²) in [7, 11) is 0. The fourth-order valence-electron chi connectivity index (χ4n) is 2.80. The highest BCUT2D eigenvalue weighted by molar-refractivity contribution is 6.31. The van der Waals surface area contributed by atoms with Crippen molar-refractivity contribution < 1.29 is 9.50 Å². The van der Waals surface area contributed by atoms with Gasteiger partial charge in [0.1, 0.15) is 5.82 Å². The lowest BCUT2D eigenvalue weighted by Gasteiger charge is -2.25. The number of aliphatic hydroxyl groups is 1. The second kappa shape index (κ2) is 6.53. The monoisotopic (exact) mass is 270 g/mol. The Labute approximate surface area is 113 Å². The molecular formula is C15H20ClFO. The lowest BCUT2D eigenvalue weighted by molar-refractivity contribution is 0.0911. The average Bonchev–Trinajstić information content (AvgIpc) is 2.31. The van der Waals surface area contributed by atoms with Gasteiger partial charge in [-0.05, 0) is 37.0 Å². The number of hydrogen-bond acceptors (Lipinski definition) is 1. The Morgan fingerprint density at radius 3 is 2.39 bits per heavy atom. The third-order valence-electron chi connectivity index (χ3n) is 3.87. The molecule has 1 nitrogen and oxygen atoms in total. The smallest absolute Gasteiger partial charge is 0.123 e. The van der Waals surface area contributed by atoms with Crippen LogP contribution in [0.2, 0.25) is 5.02 Å². The minimum Gasteiger partial charge on any atom is -0.388 e. The van der Waals surface area contributed by atoms with Gasteiger partial charge in [0.05, 0.1) is 6.10 Å². The Morgan fingerprint density at radius 2 is 1.72 bits per heavy atom. The number of rotatable bonds is 2. The van der Waals surface area contributed by atoms with Crippen LogP contribution in [-0.4, -0.2) is 5.11 Å². The lowest BCUT2D eigenvalue weighted by Crippen LogP contribution is -2.15. The summed E-state index contributed by atoms with van der Waals surface area (Å²) in [6, 6.07) is 4.22. The van der Waals surface area contributed by atoms with Crippen molar-refractivity contribution in [3.05, 3.63) is 34.6 Å². The Balaban J connectivity index is 2.12. The first-order chi connectivity index (χ1) is 8.68. The molecule has 0 spiro atoms. The summed E-state index contributed by atoms with van der Waals surface area (Å²) >= 11 is 6.06. The molecule has 1 aromatic rings. The number of benzene rings is 1. The van der Waals surface area contributed by atoms with Crippen LogP contribution in [0, 0.1) is 11.7 Å². The van der Waals surface area contributed by atoms with Crippen molar-refractivity contribution in [3.8, 4) is 0 Å². The molecule has 100 valence electrons. The van der Waals surface area contributed by atoms with Crippen molar-refractivity contribution in [1.29, 1.82) is 0 Å². The van der Waals surface area contributed by atoms with Crippen LogP contribution < -0.4 is 0 Å². The molecule has 18 heavy (non-hydrogen) atoms. The summed E-state index contributed by atoms with van der Waals surface area (Å²) in [5.74, 6) is -0.121. The van der Waals surface area contributed by atoms with Crippen LogP contribution in [0.3, 0.4) is 0 Å². The van der Waals surface area contributed by atoms with E-state index in [-0.39, 0.29) is 11.7 Å². The van der Waals surface area contributed by atoms with E-state index >= 15 is 0 Å². The molecule has 1 N–H and O–H groups in total. The average molecular weight is 271 g/mol. The van der Waals surface area contributed by atoms with Crippen molar-refractivity contribution in [2.75, 3.05) is 0 Å². The zero-order valence-electron chi connectivity index (χ0n) is 10.5. The maximum Gasteiger partial charge on any atom is 0.123 e. The second-order valence-corrected chi connectivity index (χ2v) is 5.62. The van der Waals surface area contributed by atoms with E-state index in [1.807, 2.05) is 0 Å². The SMILES string of the molecule is OC(c1cc(F)ccc1Cl)C1CCCCCCC1. The van der Waals surface area contributed by atoms with Gasteiger partial charge in [-0.15, -0.1) is 0 Å². The first kappa shape index (κ1) is 13.8. The molecule has 0 amide bonds. The van der Waals surface area contributed by atoms with Crippen LogP contribution in [0.5, 0.6) is 0 Å². The summed E-state index contributed by atoms with van der Waals surface area (Å²) in [6.07, 6.45) is 7.45. The first-order valence-corrected chi connectivity index (χ1v) is 7.19. The largest absolute Gasteiger partial charge is 0.388 e. The quantitative estimate of drug-likeness (QED) is 0.813. The van der Waals surface area contributed by atoms with Gasteiger partial charge in [0, 0.05) is 10.6 Å². The molecule has 0 heterocycles. The van der Waals surface area contributed by atoms with Gasteiger partial charge in [-0.2, -0.15) is 0 Å². The van der Waals surface area contributed by atoms with Crippen LogP contribution in [0.1, 0.15) is 56.6 Å². The zero-order chi connectivity index (χ0) is 13.0. The van der Waals surface area contributed by atoms with Gasteiger partial charge < -0.3 is 5.11 Å². The van der Waals surface area contributed by atoms with E-state index in [0.717, 1.165) is 25.7 Å². The van der Waals surface area contributed by atoms with Gasteiger partial charge in [0.25, 0.3) is 0 Å². The summed E-state index contributed by atoms with van der Waals surface area (Å²) < 4.78 is 13.3. The standard InChI is InChI=1S/C15H20ClFO/c16-14-9-8-12(17)10-13(14)15(18)11-6-4-2-1-3-5-7-11/h8-11,15,18H,1-7H2. The normalized spacial score (nSPS) is 20.2. The molecule has 1 fully saturated rings. The van der Waals surface area contributed by atoms with E-state index in [4.69, 9.17) is 11.6 Å². The third kappa shape index (κ3) is 3.46. The summed E-state index contributed by atoms with van der Waals surface area (Å²) in [4.78, 5) is 0. The van der Waals surface area contributed by atoms with Crippen LogP contribution >= 0.6 is 11.6 Å². The molecule has 0 radical (unpaired) electrons. The first-order valence-electron chi connectivity index (χ1n) is 6.81. The fourth-order valence-corrected chi connectivity index (χ4v) is 3.03. The number of aliphatic hydroxyl groups excluding tert-OH is 1. The van der Waals surface area contributed by atoms with Crippen LogP contribution in [0.25, 0.3) is 0 Å². The predicted octanol–water partition coefficient (Wildman–Crippen LogP) is 4.87. The molecule has 1 unspecified atom stereocenters. The number of hydrogen-bond donors (Lipinski definition) is 1. The molecule has 1 saturated carbocycles. The zero-order valence-corrected chi connectivity index (χ0v) is 11.3. The van der Waals surface area contributed by atoms with Crippen molar-refractivity contribution in [3.63, 3.8) is 0 Å². The van der Waals surface area contributed by atoms with E-state index in [2.05, 4.69) is 0 Å². The Kier molecular flexibility index (Phi) is 5.02. The Bertz CT molecular complexity index is 386. The van der Waals surface area contributed by atoms with Crippen molar-refractivity contribution in [2.24, 2.45) is 5.92 Å². The Hall–Kier alpha value is -0.600. The highest BCUT2D eigenvalue weighted by Gasteiger charge is 2.23. The summed E-state index contributed by atoms with van der Waals surface area (Å²) in [5, 5.41) is 10.9. The molecule has 1 aliphatic carbocycles. The maximum absolute atomic E-state index is 13.3. The van der Waals surface area contributed by atoms with E-state index < -0.39 is 6.10 Å². The number of halogens is 2. The van der Waals surface area contributed by atoms with Crippen LogP contribution in [0.4, 0.5) is 4.39 Å². The van der Waals surface area contributed by atoms with Crippen LogP contribution in [0.15, 0.2) is 18.2 Å². The van der Waals surface area contributed by atoms with E-state index in [1.54, 1.807) is 0 Å². The highest BCUT2D eigenvalue weighted by atomic mass is 35.5. The lowest BCUT2D eigenvalue weighted by atomic mass is 9.84. The van der Waals surface area contributed by atoms with Gasteiger partial charge >= 0.3 is 0 Å². The minimum atomic E-state index is -0.633. The Morgan fingerprint density at radius 1 is 1.11 bits per heavy atom. The maximum atomic E-state index is 13.3. The molecule has 1 aliphatic rings. The van der Waals surface area contributed by atoms with Gasteiger partial charge in [-0.25, -0.2) is 4.39 Å². The molecule has 1 aromatic carbocycles. The summed E-state index contributed by atoms with van der Waals surface area (Å²) in [5.41, 5.74) is 0.544. The highest BCUT2D eigenvalue weighted by Crippen LogP contribution is 2.35. The molecule has 1 atom stereocenters. The minimum absolute atomic E-state index is 0.213. The molecule has 0 aliphatic heterocycles. The van der Waals surface area contributed by atoms with Crippen molar-refractivity contribution in [2.45, 2.75) is 51.0 Å². The van der Waals surface area contributed by atoms with E-state index in [0.29, 0.717) is 10.6 Å². The third-order valence-corrected chi connectivity index (χ3v) is 4.22. The molecule has 0 bridgehead atoms. The molecule has 0 aromatic heterocycles. The van der Waals surface area contributed by atoms with E-state index in [1.165, 1.54) is 37.5 Å². The molecule has 2 rings (SSSR count). The fraction of sp³-hybridized carbons (Fsp3) is 0.600. The molecule has 0 saturated heterocycles.